The van der Waals surface area contributed by atoms with Crippen molar-refractivity contribution in [2.24, 2.45) is 0 Å². The Morgan fingerprint density at radius 3 is 2.50 bits per heavy atom. The number of amides is 1. The van der Waals surface area contributed by atoms with Crippen LogP contribution >= 0.6 is 0 Å². The van der Waals surface area contributed by atoms with Crippen LogP contribution in [0.2, 0.25) is 0 Å². The van der Waals surface area contributed by atoms with Crippen LogP contribution in [0.15, 0.2) is 54.1 Å². The Balaban J connectivity index is 2.09. The predicted molar refractivity (Wildman–Crippen MR) is 128 cm³/mol. The van der Waals surface area contributed by atoms with Crippen molar-refractivity contribution in [1.29, 1.82) is 0 Å². The van der Waals surface area contributed by atoms with Crippen molar-refractivity contribution >= 4 is 23.1 Å². The Bertz CT molecular complexity index is 1110. The summed E-state index contributed by atoms with van der Waals surface area (Å²) < 4.78 is 5.21. The molecule has 3 rings (SSSR count). The number of benzene rings is 2. The van der Waals surface area contributed by atoms with Gasteiger partial charge in [-0.15, -0.1) is 0 Å². The van der Waals surface area contributed by atoms with Gasteiger partial charge in [-0.1, -0.05) is 38.1 Å². The number of ether oxygens (including phenoxy) is 1. The molecule has 0 bridgehead atoms. The molecule has 0 radical (unpaired) electrons. The van der Waals surface area contributed by atoms with E-state index >= 15 is 0 Å². The minimum absolute atomic E-state index is 0.0957. The van der Waals surface area contributed by atoms with Crippen LogP contribution in [-0.4, -0.2) is 64.8 Å². The number of methoxy groups -OCH3 is 1. The first kappa shape index (κ1) is 24.9. The number of rotatable bonds is 10. The lowest BCUT2D eigenvalue weighted by Crippen LogP contribution is -2.33. The molecule has 9 nitrogen and oxygen atoms in total. The minimum atomic E-state index is -0.942. The van der Waals surface area contributed by atoms with Crippen LogP contribution in [0.1, 0.15) is 37.4 Å². The molecule has 1 saturated heterocycles. The Morgan fingerprint density at radius 2 is 1.85 bits per heavy atom. The van der Waals surface area contributed by atoms with Crippen molar-refractivity contribution in [2.45, 2.75) is 26.3 Å². The van der Waals surface area contributed by atoms with E-state index in [1.807, 2.05) is 13.8 Å². The summed E-state index contributed by atoms with van der Waals surface area (Å²) in [6, 6.07) is 11.4. The molecule has 1 N–H and O–H groups in total. The number of hydrogen-bond acceptors (Lipinski definition) is 7. The third-order valence-corrected chi connectivity index (χ3v) is 6.05. The van der Waals surface area contributed by atoms with Gasteiger partial charge in [-0.2, -0.15) is 0 Å². The van der Waals surface area contributed by atoms with Gasteiger partial charge < -0.3 is 19.6 Å². The van der Waals surface area contributed by atoms with E-state index in [0.717, 1.165) is 19.6 Å². The van der Waals surface area contributed by atoms with Gasteiger partial charge in [-0.05, 0) is 43.8 Å². The van der Waals surface area contributed by atoms with Crippen molar-refractivity contribution in [3.05, 3.63) is 75.3 Å². The quantitative estimate of drug-likeness (QED) is 0.186. The number of Topliss-reactive ketones (excluding diaryl/α,β-unsaturated/α-hetero) is 1. The third-order valence-electron chi connectivity index (χ3n) is 6.05. The summed E-state index contributed by atoms with van der Waals surface area (Å²) in [5.74, 6) is -1.43. The van der Waals surface area contributed by atoms with Gasteiger partial charge in [0.1, 0.15) is 11.5 Å². The number of aliphatic hydroxyl groups excluding tert-OH is 1. The first-order valence-corrected chi connectivity index (χ1v) is 11.2. The van der Waals surface area contributed by atoms with Gasteiger partial charge in [0.15, 0.2) is 0 Å². The van der Waals surface area contributed by atoms with E-state index in [4.69, 9.17) is 4.74 Å². The number of aliphatic hydroxyl groups is 1. The second-order valence-electron chi connectivity index (χ2n) is 7.96. The van der Waals surface area contributed by atoms with Crippen LogP contribution in [0.3, 0.4) is 0 Å². The molecule has 1 atom stereocenters. The fourth-order valence-corrected chi connectivity index (χ4v) is 4.20. The van der Waals surface area contributed by atoms with Gasteiger partial charge in [0, 0.05) is 24.2 Å². The molecule has 180 valence electrons. The van der Waals surface area contributed by atoms with Crippen molar-refractivity contribution in [2.75, 3.05) is 33.3 Å². The van der Waals surface area contributed by atoms with Gasteiger partial charge in [0.25, 0.3) is 17.4 Å². The van der Waals surface area contributed by atoms with E-state index in [2.05, 4.69) is 4.90 Å². The van der Waals surface area contributed by atoms with Crippen molar-refractivity contribution < 1.29 is 24.4 Å². The molecule has 9 heteroatoms. The number of carbonyl (C=O) groups excluding carboxylic acids is 2. The van der Waals surface area contributed by atoms with Crippen LogP contribution in [-0.2, 0) is 9.59 Å². The maximum absolute atomic E-state index is 13.1. The molecule has 2 aromatic carbocycles. The number of nitrogens with zero attached hydrogens (tertiary/aromatic N) is 3. The summed E-state index contributed by atoms with van der Waals surface area (Å²) in [5.41, 5.74) is 0.450. The summed E-state index contributed by atoms with van der Waals surface area (Å²) in [5, 5.41) is 22.5. The topological polar surface area (TPSA) is 113 Å². The molecular formula is C25H29N3O6. The molecule has 1 aliphatic heterocycles. The summed E-state index contributed by atoms with van der Waals surface area (Å²) in [7, 11) is 1.48. The van der Waals surface area contributed by atoms with Crippen LogP contribution in [0, 0.1) is 10.1 Å². The molecule has 1 heterocycles. The van der Waals surface area contributed by atoms with Gasteiger partial charge in [0.2, 0.25) is 0 Å². The lowest BCUT2D eigenvalue weighted by atomic mass is 9.95. The zero-order valence-corrected chi connectivity index (χ0v) is 19.6. The largest absolute Gasteiger partial charge is 0.507 e. The zero-order chi connectivity index (χ0) is 24.8. The molecule has 0 aliphatic carbocycles. The maximum Gasteiger partial charge on any atom is 0.295 e. The average Bonchev–Trinajstić information content (AvgIpc) is 3.11. The average molecular weight is 468 g/mol. The van der Waals surface area contributed by atoms with Crippen molar-refractivity contribution in [3.63, 3.8) is 0 Å². The fourth-order valence-electron chi connectivity index (χ4n) is 4.20. The summed E-state index contributed by atoms with van der Waals surface area (Å²) in [6.45, 7) is 6.82. The Hall–Kier alpha value is -3.72. The molecule has 0 saturated carbocycles. The summed E-state index contributed by atoms with van der Waals surface area (Å²) >= 11 is 0. The van der Waals surface area contributed by atoms with E-state index in [-0.39, 0.29) is 23.6 Å². The van der Waals surface area contributed by atoms with Crippen LogP contribution in [0.25, 0.3) is 5.76 Å². The Labute approximate surface area is 198 Å². The Kier molecular flexibility index (Phi) is 8.01. The normalized spacial score (nSPS) is 17.4. The molecule has 1 amide bonds. The van der Waals surface area contributed by atoms with E-state index in [1.54, 1.807) is 30.3 Å². The highest BCUT2D eigenvalue weighted by Crippen LogP contribution is 2.40. The predicted octanol–water partition coefficient (Wildman–Crippen LogP) is 3.76. The standard InChI is InChI=1S/C25H29N3O6/c1-4-26(5-2)13-8-14-27-22(17-9-6-11-19(15-17)28(32)33)21(24(30)25(27)31)23(29)18-10-7-12-20(16-18)34-3/h6-7,9-12,15-16,22,29H,4-5,8,13-14H2,1-3H3/t22-/m0/s1. The van der Waals surface area contributed by atoms with Crippen molar-refractivity contribution in [3.8, 4) is 5.75 Å². The van der Waals surface area contributed by atoms with E-state index in [1.165, 1.54) is 30.2 Å². The molecule has 0 unspecified atom stereocenters. The number of ketones is 1. The van der Waals surface area contributed by atoms with Gasteiger partial charge in [-0.3, -0.25) is 19.7 Å². The summed E-state index contributed by atoms with van der Waals surface area (Å²) in [4.78, 5) is 40.6. The first-order valence-electron chi connectivity index (χ1n) is 11.2. The van der Waals surface area contributed by atoms with E-state index < -0.39 is 22.7 Å². The van der Waals surface area contributed by atoms with Crippen LogP contribution < -0.4 is 4.74 Å². The smallest absolute Gasteiger partial charge is 0.295 e. The summed E-state index contributed by atoms with van der Waals surface area (Å²) in [6.07, 6.45) is 0.610. The lowest BCUT2D eigenvalue weighted by molar-refractivity contribution is -0.384. The third kappa shape index (κ3) is 5.09. The number of nitro benzene ring substituents is 1. The minimum Gasteiger partial charge on any atom is -0.507 e. The van der Waals surface area contributed by atoms with Gasteiger partial charge >= 0.3 is 0 Å². The van der Waals surface area contributed by atoms with Crippen molar-refractivity contribution in [1.82, 2.24) is 9.80 Å². The highest BCUT2D eigenvalue weighted by atomic mass is 16.6. The SMILES string of the molecule is CCN(CC)CCCN1C(=O)C(=O)C(=C(O)c2cccc(OC)c2)[C@@H]1c1cccc([N+](=O)[O-])c1. The number of carbonyl (C=O) groups is 2. The first-order chi connectivity index (χ1) is 16.3. The maximum atomic E-state index is 13.1. The molecule has 2 aromatic rings. The zero-order valence-electron chi connectivity index (χ0n) is 19.6. The van der Waals surface area contributed by atoms with E-state index in [0.29, 0.717) is 23.3 Å². The number of nitro groups is 1. The molecule has 34 heavy (non-hydrogen) atoms. The molecular weight excluding hydrogens is 438 g/mol. The van der Waals surface area contributed by atoms with Crippen LogP contribution in [0.4, 0.5) is 5.69 Å². The number of hydrogen-bond donors (Lipinski definition) is 1. The molecule has 1 fully saturated rings. The van der Waals surface area contributed by atoms with Gasteiger partial charge in [0.05, 0.1) is 23.6 Å². The molecule has 0 aromatic heterocycles. The molecule has 0 spiro atoms. The number of non-ortho nitro benzene ring substituents is 1. The highest BCUT2D eigenvalue weighted by molar-refractivity contribution is 6.46. The number of likely N-dealkylation sites (tertiary alicyclic amines) is 1. The second kappa shape index (κ2) is 10.9. The second-order valence-corrected chi connectivity index (χ2v) is 7.96. The highest BCUT2D eigenvalue weighted by Gasteiger charge is 2.46. The van der Waals surface area contributed by atoms with Gasteiger partial charge in [-0.25, -0.2) is 0 Å². The van der Waals surface area contributed by atoms with E-state index in [9.17, 15) is 24.8 Å². The fraction of sp³-hybridized carbons (Fsp3) is 0.360. The van der Waals surface area contributed by atoms with Crippen LogP contribution in [0.5, 0.6) is 5.75 Å². The monoisotopic (exact) mass is 467 g/mol. The lowest BCUT2D eigenvalue weighted by Gasteiger charge is -2.26. The Morgan fingerprint density at radius 1 is 1.15 bits per heavy atom. The molecule has 1 aliphatic rings.